The number of likely N-dealkylation sites (tertiary alicyclic amines) is 1. The number of rotatable bonds is 4. The minimum Gasteiger partial charge on any atom is -0.294 e. The van der Waals surface area contributed by atoms with Crippen LogP contribution in [0.1, 0.15) is 56.8 Å². The molecule has 1 aliphatic carbocycles. The predicted octanol–water partition coefficient (Wildman–Crippen LogP) is 4.13. The zero-order valence-corrected chi connectivity index (χ0v) is 14.3. The first-order chi connectivity index (χ1) is 9.70. The van der Waals surface area contributed by atoms with Crippen molar-refractivity contribution in [2.75, 3.05) is 6.54 Å². The van der Waals surface area contributed by atoms with Crippen LogP contribution in [0.2, 0.25) is 0 Å². The van der Waals surface area contributed by atoms with E-state index in [4.69, 9.17) is 0 Å². The Morgan fingerprint density at radius 1 is 1.20 bits per heavy atom. The summed E-state index contributed by atoms with van der Waals surface area (Å²) in [4.78, 5) is 2.73. The highest BCUT2D eigenvalue weighted by Crippen LogP contribution is 2.36. The molecule has 1 aromatic rings. The average molecular weight is 340 g/mol. The highest BCUT2D eigenvalue weighted by atomic mass is 79.9. The van der Waals surface area contributed by atoms with Crippen molar-refractivity contribution in [2.45, 2.75) is 71.5 Å². The van der Waals surface area contributed by atoms with Gasteiger partial charge in [0.2, 0.25) is 0 Å². The minimum atomic E-state index is 0.824. The molecule has 0 bridgehead atoms. The van der Waals surface area contributed by atoms with Gasteiger partial charge in [0.05, 0.1) is 15.9 Å². The standard InChI is InChI=1S/C16H26BrN3/c1-3-20-15(16(17)12(2)18-20)11-19-10-6-9-14(19)13-7-4-5-8-13/h13-14H,3-11H2,1-2H3. The van der Waals surface area contributed by atoms with Crippen molar-refractivity contribution in [2.24, 2.45) is 5.92 Å². The lowest BCUT2D eigenvalue weighted by molar-refractivity contribution is 0.178. The molecular weight excluding hydrogens is 314 g/mol. The number of aromatic nitrogens is 2. The molecule has 20 heavy (non-hydrogen) atoms. The van der Waals surface area contributed by atoms with Crippen LogP contribution >= 0.6 is 15.9 Å². The molecule has 0 spiro atoms. The van der Waals surface area contributed by atoms with Crippen molar-refractivity contribution in [1.82, 2.24) is 14.7 Å². The Hall–Kier alpha value is -0.350. The van der Waals surface area contributed by atoms with E-state index in [-0.39, 0.29) is 0 Å². The first-order valence-electron chi connectivity index (χ1n) is 8.16. The number of aryl methyl sites for hydroxylation is 2. The van der Waals surface area contributed by atoms with Crippen LogP contribution in [0.5, 0.6) is 0 Å². The summed E-state index contributed by atoms with van der Waals surface area (Å²) in [5.41, 5.74) is 2.49. The Labute approximate surface area is 130 Å². The summed E-state index contributed by atoms with van der Waals surface area (Å²) >= 11 is 3.74. The van der Waals surface area contributed by atoms with Crippen molar-refractivity contribution >= 4 is 15.9 Å². The van der Waals surface area contributed by atoms with Crippen molar-refractivity contribution < 1.29 is 0 Å². The first kappa shape index (κ1) is 14.6. The number of halogens is 1. The molecule has 1 saturated heterocycles. The molecule has 0 N–H and O–H groups in total. The molecule has 2 fully saturated rings. The number of nitrogens with zero attached hydrogens (tertiary/aromatic N) is 3. The van der Waals surface area contributed by atoms with Crippen LogP contribution < -0.4 is 0 Å². The van der Waals surface area contributed by atoms with Gasteiger partial charge in [0.15, 0.2) is 0 Å². The van der Waals surface area contributed by atoms with Gasteiger partial charge in [-0.3, -0.25) is 9.58 Å². The minimum absolute atomic E-state index is 0.824. The summed E-state index contributed by atoms with van der Waals surface area (Å²) in [5.74, 6) is 0.954. The summed E-state index contributed by atoms with van der Waals surface area (Å²) in [6.07, 6.45) is 8.58. The highest BCUT2D eigenvalue weighted by Gasteiger charge is 2.34. The van der Waals surface area contributed by atoms with Crippen LogP contribution in [0.4, 0.5) is 0 Å². The van der Waals surface area contributed by atoms with E-state index in [2.05, 4.69) is 44.5 Å². The summed E-state index contributed by atoms with van der Waals surface area (Å²) < 4.78 is 3.39. The van der Waals surface area contributed by atoms with E-state index in [1.807, 2.05) is 0 Å². The SMILES string of the molecule is CCn1nc(C)c(Br)c1CN1CCCC1C1CCCC1. The normalized spacial score (nSPS) is 24.9. The van der Waals surface area contributed by atoms with Crippen molar-refractivity contribution in [1.29, 1.82) is 0 Å². The molecular formula is C16H26BrN3. The molecule has 3 nitrogen and oxygen atoms in total. The largest absolute Gasteiger partial charge is 0.294 e. The second-order valence-electron chi connectivity index (χ2n) is 6.39. The van der Waals surface area contributed by atoms with Gasteiger partial charge in [0.25, 0.3) is 0 Å². The molecule has 2 heterocycles. The molecule has 0 radical (unpaired) electrons. The van der Waals surface area contributed by atoms with Crippen LogP contribution in [0.3, 0.4) is 0 Å². The fourth-order valence-corrected chi connectivity index (χ4v) is 4.55. The van der Waals surface area contributed by atoms with E-state index in [0.717, 1.165) is 30.7 Å². The quantitative estimate of drug-likeness (QED) is 0.822. The zero-order chi connectivity index (χ0) is 14.1. The van der Waals surface area contributed by atoms with Gasteiger partial charge in [-0.1, -0.05) is 12.8 Å². The van der Waals surface area contributed by atoms with Crippen LogP contribution in [0, 0.1) is 12.8 Å². The molecule has 0 amide bonds. The third-order valence-electron chi connectivity index (χ3n) is 5.16. The Kier molecular flexibility index (Phi) is 4.51. The lowest BCUT2D eigenvalue weighted by Gasteiger charge is -2.29. The molecule has 1 aliphatic heterocycles. The van der Waals surface area contributed by atoms with E-state index in [0.29, 0.717) is 0 Å². The zero-order valence-electron chi connectivity index (χ0n) is 12.7. The molecule has 1 saturated carbocycles. The Morgan fingerprint density at radius 3 is 2.65 bits per heavy atom. The summed E-state index contributed by atoms with van der Waals surface area (Å²) in [5, 5.41) is 4.64. The maximum Gasteiger partial charge on any atom is 0.0739 e. The van der Waals surface area contributed by atoms with Gasteiger partial charge in [-0.05, 0) is 67.9 Å². The molecule has 112 valence electrons. The van der Waals surface area contributed by atoms with Crippen molar-refractivity contribution in [3.8, 4) is 0 Å². The second kappa shape index (κ2) is 6.18. The van der Waals surface area contributed by atoms with Crippen molar-refractivity contribution in [3.63, 3.8) is 0 Å². The molecule has 3 rings (SSSR count). The Morgan fingerprint density at radius 2 is 1.95 bits per heavy atom. The van der Waals surface area contributed by atoms with E-state index in [9.17, 15) is 0 Å². The van der Waals surface area contributed by atoms with Gasteiger partial charge in [-0.25, -0.2) is 0 Å². The molecule has 1 atom stereocenters. The van der Waals surface area contributed by atoms with Crippen molar-refractivity contribution in [3.05, 3.63) is 15.9 Å². The number of hydrogen-bond acceptors (Lipinski definition) is 2. The summed E-state index contributed by atoms with van der Waals surface area (Å²) in [6.45, 7) is 7.57. The lowest BCUT2D eigenvalue weighted by Crippen LogP contribution is -2.34. The van der Waals surface area contributed by atoms with Gasteiger partial charge in [0.1, 0.15) is 0 Å². The predicted molar refractivity (Wildman–Crippen MR) is 85.7 cm³/mol. The summed E-state index contributed by atoms with van der Waals surface area (Å²) in [6, 6.07) is 0.824. The topological polar surface area (TPSA) is 21.1 Å². The number of hydrogen-bond donors (Lipinski definition) is 0. The third-order valence-corrected chi connectivity index (χ3v) is 6.20. The van der Waals surface area contributed by atoms with Gasteiger partial charge >= 0.3 is 0 Å². The average Bonchev–Trinajstić information content (AvgIpc) is 3.15. The maximum atomic E-state index is 4.64. The maximum absolute atomic E-state index is 4.64. The third kappa shape index (κ3) is 2.69. The lowest BCUT2D eigenvalue weighted by atomic mass is 9.96. The highest BCUT2D eigenvalue weighted by molar-refractivity contribution is 9.10. The van der Waals surface area contributed by atoms with E-state index >= 15 is 0 Å². The monoisotopic (exact) mass is 339 g/mol. The molecule has 1 unspecified atom stereocenters. The van der Waals surface area contributed by atoms with E-state index in [1.165, 1.54) is 55.2 Å². The van der Waals surface area contributed by atoms with Gasteiger partial charge in [0, 0.05) is 19.1 Å². The Bertz CT molecular complexity index is 463. The Balaban J connectivity index is 1.76. The van der Waals surface area contributed by atoms with Gasteiger partial charge < -0.3 is 0 Å². The van der Waals surface area contributed by atoms with Crippen LogP contribution in [-0.2, 0) is 13.1 Å². The molecule has 0 aromatic carbocycles. The molecule has 4 heteroatoms. The fraction of sp³-hybridized carbons (Fsp3) is 0.812. The van der Waals surface area contributed by atoms with Crippen LogP contribution in [-0.4, -0.2) is 27.3 Å². The smallest absolute Gasteiger partial charge is 0.0739 e. The van der Waals surface area contributed by atoms with Crippen LogP contribution in [0.25, 0.3) is 0 Å². The van der Waals surface area contributed by atoms with Gasteiger partial charge in [-0.15, -0.1) is 0 Å². The second-order valence-corrected chi connectivity index (χ2v) is 7.18. The van der Waals surface area contributed by atoms with Crippen LogP contribution in [0.15, 0.2) is 4.47 Å². The first-order valence-corrected chi connectivity index (χ1v) is 8.95. The molecule has 1 aromatic heterocycles. The molecule has 2 aliphatic rings. The fourth-order valence-electron chi connectivity index (χ4n) is 4.14. The summed E-state index contributed by atoms with van der Waals surface area (Å²) in [7, 11) is 0. The van der Waals surface area contributed by atoms with Gasteiger partial charge in [-0.2, -0.15) is 5.10 Å². The van der Waals surface area contributed by atoms with E-state index < -0.39 is 0 Å². The van der Waals surface area contributed by atoms with E-state index in [1.54, 1.807) is 0 Å².